The molecular formula is C26H32N4O2. The molecule has 6 heteroatoms. The minimum Gasteiger partial charge on any atom is -0.373 e. The van der Waals surface area contributed by atoms with Crippen LogP contribution in [0.3, 0.4) is 0 Å². The van der Waals surface area contributed by atoms with Crippen molar-refractivity contribution in [1.29, 1.82) is 0 Å². The molecule has 0 saturated carbocycles. The summed E-state index contributed by atoms with van der Waals surface area (Å²) in [5, 5.41) is 7.85. The quantitative estimate of drug-likeness (QED) is 0.550. The van der Waals surface area contributed by atoms with Gasteiger partial charge in [-0.25, -0.2) is 0 Å². The van der Waals surface area contributed by atoms with Gasteiger partial charge in [0.05, 0.1) is 24.3 Å². The van der Waals surface area contributed by atoms with Gasteiger partial charge in [0.15, 0.2) is 0 Å². The van der Waals surface area contributed by atoms with Crippen molar-refractivity contribution >= 4 is 5.91 Å². The number of benzene rings is 2. The van der Waals surface area contributed by atoms with E-state index in [-0.39, 0.29) is 18.1 Å². The molecule has 0 bridgehead atoms. The van der Waals surface area contributed by atoms with E-state index in [9.17, 15) is 4.79 Å². The Morgan fingerprint density at radius 3 is 2.38 bits per heavy atom. The van der Waals surface area contributed by atoms with Gasteiger partial charge in [0.25, 0.3) is 5.91 Å². The van der Waals surface area contributed by atoms with E-state index >= 15 is 0 Å². The Labute approximate surface area is 190 Å². The standard InChI is InChI=1S/C26H32N4O2/c1-20-16-29(17-21(2)32-20)15-9-14-27-26(31)24-19-30(18-22-10-5-3-6-11-22)28-25(24)23-12-7-4-8-13-23/h3-8,10-13,19-21H,9,14-18H2,1-2H3,(H,27,31). The zero-order valence-corrected chi connectivity index (χ0v) is 18.9. The van der Waals surface area contributed by atoms with Crippen LogP contribution >= 0.6 is 0 Å². The Kier molecular flexibility index (Phi) is 7.35. The second kappa shape index (κ2) is 10.6. The summed E-state index contributed by atoms with van der Waals surface area (Å²) in [6, 6.07) is 20.1. The largest absolute Gasteiger partial charge is 0.373 e. The fourth-order valence-electron chi connectivity index (χ4n) is 4.32. The van der Waals surface area contributed by atoms with Crippen LogP contribution in [0.15, 0.2) is 66.9 Å². The van der Waals surface area contributed by atoms with Crippen molar-refractivity contribution in [3.63, 3.8) is 0 Å². The molecule has 0 spiro atoms. The number of carbonyl (C=O) groups excluding carboxylic acids is 1. The van der Waals surface area contributed by atoms with E-state index in [0.717, 1.165) is 42.9 Å². The number of aromatic nitrogens is 2. The van der Waals surface area contributed by atoms with Crippen LogP contribution in [0.5, 0.6) is 0 Å². The van der Waals surface area contributed by atoms with E-state index in [2.05, 4.69) is 36.2 Å². The van der Waals surface area contributed by atoms with Gasteiger partial charge < -0.3 is 10.1 Å². The lowest BCUT2D eigenvalue weighted by Gasteiger charge is -2.35. The monoisotopic (exact) mass is 432 g/mol. The van der Waals surface area contributed by atoms with Crippen LogP contribution in [0.25, 0.3) is 11.3 Å². The molecule has 2 unspecified atom stereocenters. The van der Waals surface area contributed by atoms with E-state index in [4.69, 9.17) is 9.84 Å². The first-order valence-electron chi connectivity index (χ1n) is 11.4. The van der Waals surface area contributed by atoms with Gasteiger partial charge >= 0.3 is 0 Å². The molecule has 0 radical (unpaired) electrons. The number of hydrogen-bond donors (Lipinski definition) is 1. The summed E-state index contributed by atoms with van der Waals surface area (Å²) in [7, 11) is 0. The summed E-state index contributed by atoms with van der Waals surface area (Å²) in [5.74, 6) is -0.0770. The molecule has 0 aliphatic carbocycles. The van der Waals surface area contributed by atoms with Gasteiger partial charge in [0.2, 0.25) is 0 Å². The molecule has 6 nitrogen and oxygen atoms in total. The molecular weight excluding hydrogens is 400 g/mol. The summed E-state index contributed by atoms with van der Waals surface area (Å²) in [5.41, 5.74) is 3.42. The Morgan fingerprint density at radius 1 is 1.03 bits per heavy atom. The van der Waals surface area contributed by atoms with Crippen molar-refractivity contribution in [3.05, 3.63) is 78.0 Å². The van der Waals surface area contributed by atoms with Gasteiger partial charge in [-0.1, -0.05) is 60.7 Å². The van der Waals surface area contributed by atoms with E-state index in [1.165, 1.54) is 0 Å². The van der Waals surface area contributed by atoms with Gasteiger partial charge in [-0.15, -0.1) is 0 Å². The molecule has 1 aliphatic rings. The van der Waals surface area contributed by atoms with Gasteiger partial charge in [-0.2, -0.15) is 5.10 Å². The van der Waals surface area contributed by atoms with Gasteiger partial charge in [-0.3, -0.25) is 14.4 Å². The lowest BCUT2D eigenvalue weighted by atomic mass is 10.1. The molecule has 168 valence electrons. The van der Waals surface area contributed by atoms with E-state index in [0.29, 0.717) is 18.7 Å². The van der Waals surface area contributed by atoms with Gasteiger partial charge in [0, 0.05) is 37.9 Å². The maximum atomic E-state index is 13.1. The Bertz CT molecular complexity index is 993. The third kappa shape index (κ3) is 5.84. The van der Waals surface area contributed by atoms with Crippen molar-refractivity contribution in [2.45, 2.75) is 39.0 Å². The van der Waals surface area contributed by atoms with Crippen LogP contribution in [-0.4, -0.2) is 59.0 Å². The van der Waals surface area contributed by atoms with Crippen LogP contribution in [0.1, 0.15) is 36.2 Å². The number of nitrogens with zero attached hydrogens (tertiary/aromatic N) is 3. The van der Waals surface area contributed by atoms with E-state index in [1.54, 1.807) is 0 Å². The highest BCUT2D eigenvalue weighted by atomic mass is 16.5. The first kappa shape index (κ1) is 22.2. The molecule has 3 aromatic rings. The SMILES string of the molecule is CC1CN(CCCNC(=O)c2cn(Cc3ccccc3)nc2-c2ccccc2)CC(C)O1. The second-order valence-corrected chi connectivity index (χ2v) is 8.57. The second-order valence-electron chi connectivity index (χ2n) is 8.57. The zero-order valence-electron chi connectivity index (χ0n) is 18.9. The molecule has 1 aliphatic heterocycles. The van der Waals surface area contributed by atoms with Crippen LogP contribution in [0, 0.1) is 0 Å². The van der Waals surface area contributed by atoms with Crippen LogP contribution in [-0.2, 0) is 11.3 Å². The first-order chi connectivity index (χ1) is 15.6. The number of hydrogen-bond acceptors (Lipinski definition) is 4. The molecule has 1 fully saturated rings. The molecule has 1 amide bonds. The summed E-state index contributed by atoms with van der Waals surface area (Å²) in [6.07, 6.45) is 3.29. The number of carbonyl (C=O) groups is 1. The predicted molar refractivity (Wildman–Crippen MR) is 127 cm³/mol. The maximum Gasteiger partial charge on any atom is 0.255 e. The summed E-state index contributed by atoms with van der Waals surface area (Å²) in [4.78, 5) is 15.5. The minimum absolute atomic E-state index is 0.0770. The molecule has 1 saturated heterocycles. The normalized spacial score (nSPS) is 19.1. The summed E-state index contributed by atoms with van der Waals surface area (Å²) in [6.45, 7) is 8.34. The number of rotatable bonds is 8. The smallest absolute Gasteiger partial charge is 0.255 e. The van der Waals surface area contributed by atoms with Crippen molar-refractivity contribution in [1.82, 2.24) is 20.0 Å². The third-order valence-corrected chi connectivity index (χ3v) is 5.67. The summed E-state index contributed by atoms with van der Waals surface area (Å²) < 4.78 is 7.65. The minimum atomic E-state index is -0.0770. The van der Waals surface area contributed by atoms with Gasteiger partial charge in [0.1, 0.15) is 5.69 Å². The molecule has 2 atom stereocenters. The first-order valence-corrected chi connectivity index (χ1v) is 11.4. The lowest BCUT2D eigenvalue weighted by Crippen LogP contribution is -2.46. The average molecular weight is 433 g/mol. The van der Waals surface area contributed by atoms with Crippen LogP contribution in [0.2, 0.25) is 0 Å². The lowest BCUT2D eigenvalue weighted by molar-refractivity contribution is -0.0679. The zero-order chi connectivity index (χ0) is 22.3. The molecule has 2 heterocycles. The molecule has 1 N–H and O–H groups in total. The van der Waals surface area contributed by atoms with Crippen molar-refractivity contribution in [2.75, 3.05) is 26.2 Å². The molecule has 4 rings (SSSR count). The predicted octanol–water partition coefficient (Wildman–Crippen LogP) is 3.83. The third-order valence-electron chi connectivity index (χ3n) is 5.67. The number of morpholine rings is 1. The molecule has 32 heavy (non-hydrogen) atoms. The van der Waals surface area contributed by atoms with E-state index < -0.39 is 0 Å². The van der Waals surface area contributed by atoms with Crippen molar-refractivity contribution in [2.24, 2.45) is 0 Å². The van der Waals surface area contributed by atoms with Gasteiger partial charge in [-0.05, 0) is 25.8 Å². The van der Waals surface area contributed by atoms with Crippen LogP contribution < -0.4 is 5.32 Å². The average Bonchev–Trinajstić information content (AvgIpc) is 3.21. The fourth-order valence-corrected chi connectivity index (χ4v) is 4.32. The van der Waals surface area contributed by atoms with Crippen molar-refractivity contribution in [3.8, 4) is 11.3 Å². The molecule has 2 aromatic carbocycles. The molecule has 1 aromatic heterocycles. The maximum absolute atomic E-state index is 13.1. The van der Waals surface area contributed by atoms with Crippen LogP contribution in [0.4, 0.5) is 0 Å². The summed E-state index contributed by atoms with van der Waals surface area (Å²) >= 11 is 0. The number of nitrogens with one attached hydrogen (secondary N) is 1. The fraction of sp³-hybridized carbons (Fsp3) is 0.385. The topological polar surface area (TPSA) is 59.4 Å². The number of ether oxygens (including phenoxy) is 1. The van der Waals surface area contributed by atoms with E-state index in [1.807, 2.05) is 59.4 Å². The Balaban J connectivity index is 1.41. The highest BCUT2D eigenvalue weighted by molar-refractivity contribution is 5.99. The highest BCUT2D eigenvalue weighted by Crippen LogP contribution is 2.22. The number of amides is 1. The Hall–Kier alpha value is -2.96. The van der Waals surface area contributed by atoms with Crippen molar-refractivity contribution < 1.29 is 9.53 Å². The Morgan fingerprint density at radius 2 is 1.69 bits per heavy atom. The highest BCUT2D eigenvalue weighted by Gasteiger charge is 2.22.